The van der Waals surface area contributed by atoms with Crippen LogP contribution in [-0.4, -0.2) is 17.4 Å². The predicted molar refractivity (Wildman–Crippen MR) is 69.3 cm³/mol. The molecule has 0 fully saturated rings. The Hall–Kier alpha value is -2.82. The summed E-state index contributed by atoms with van der Waals surface area (Å²) in [5.41, 5.74) is 6.04. The fraction of sp³-hybridized carbons (Fsp3) is 0. The van der Waals surface area contributed by atoms with Gasteiger partial charge in [0, 0.05) is 11.8 Å². The number of benzene rings is 2. The summed E-state index contributed by atoms with van der Waals surface area (Å²) in [4.78, 5) is 22.7. The number of para-hydroxylation sites is 1. The van der Waals surface area contributed by atoms with E-state index in [1.807, 2.05) is 0 Å². The molecule has 0 aliphatic rings. The lowest BCUT2D eigenvalue weighted by molar-refractivity contribution is 0.0730. The Morgan fingerprint density at radius 3 is 2.63 bits per heavy atom. The minimum atomic E-state index is -0.758. The van der Waals surface area contributed by atoms with E-state index < -0.39 is 5.97 Å². The molecule has 3 N–H and O–H groups in total. The van der Waals surface area contributed by atoms with Crippen LogP contribution in [0.4, 0.5) is 5.69 Å². The maximum absolute atomic E-state index is 11.9. The zero-order chi connectivity index (χ0) is 13.8. The summed E-state index contributed by atoms with van der Waals surface area (Å²) in [6, 6.07) is 10.4. The Kier molecular flexibility index (Phi) is 3.47. The number of anilines is 1. The molecule has 0 radical (unpaired) electrons. The Morgan fingerprint density at radius 2 is 1.95 bits per heavy atom. The van der Waals surface area contributed by atoms with Crippen molar-refractivity contribution in [1.29, 1.82) is 0 Å². The summed E-state index contributed by atoms with van der Waals surface area (Å²) < 4.78 is 5.07. The van der Waals surface area contributed by atoms with E-state index in [1.54, 1.807) is 12.1 Å². The van der Waals surface area contributed by atoms with E-state index in [2.05, 4.69) is 0 Å². The van der Waals surface area contributed by atoms with Gasteiger partial charge in [-0.2, -0.15) is 0 Å². The average Bonchev–Trinajstić information content (AvgIpc) is 2.39. The maximum Gasteiger partial charge on any atom is 0.347 e. The number of ether oxygens (including phenoxy) is 1. The van der Waals surface area contributed by atoms with E-state index >= 15 is 0 Å². The van der Waals surface area contributed by atoms with Crippen molar-refractivity contribution in [3.63, 3.8) is 0 Å². The first-order valence-electron chi connectivity index (χ1n) is 5.46. The predicted octanol–water partition coefficient (Wildman–Crippen LogP) is 2.01. The van der Waals surface area contributed by atoms with Gasteiger partial charge in [-0.3, -0.25) is 4.79 Å². The van der Waals surface area contributed by atoms with E-state index in [-0.39, 0.29) is 22.6 Å². The van der Waals surface area contributed by atoms with Crippen LogP contribution in [0.15, 0.2) is 42.5 Å². The molecule has 0 amide bonds. The Balaban J connectivity index is 2.28. The molecule has 0 unspecified atom stereocenters. The second kappa shape index (κ2) is 5.22. The third-order valence-corrected chi connectivity index (χ3v) is 2.49. The van der Waals surface area contributed by atoms with Crippen LogP contribution in [-0.2, 0) is 0 Å². The first-order valence-corrected chi connectivity index (χ1v) is 5.46. The van der Waals surface area contributed by atoms with Gasteiger partial charge in [-0.25, -0.2) is 4.79 Å². The van der Waals surface area contributed by atoms with E-state index in [4.69, 9.17) is 10.5 Å². The van der Waals surface area contributed by atoms with Crippen LogP contribution in [0.2, 0.25) is 0 Å². The Morgan fingerprint density at radius 1 is 1.21 bits per heavy atom. The highest BCUT2D eigenvalue weighted by molar-refractivity contribution is 5.95. The first-order chi connectivity index (χ1) is 9.11. The minimum absolute atomic E-state index is 0.0186. The number of carbonyl (C=O) groups excluding carboxylic acids is 2. The van der Waals surface area contributed by atoms with Crippen molar-refractivity contribution >= 4 is 17.9 Å². The molecular weight excluding hydrogens is 246 g/mol. The molecule has 5 nitrogen and oxygen atoms in total. The van der Waals surface area contributed by atoms with Crippen LogP contribution in [0.25, 0.3) is 0 Å². The number of nitrogens with two attached hydrogens (primary N) is 1. The van der Waals surface area contributed by atoms with Crippen LogP contribution in [0.1, 0.15) is 20.7 Å². The second-order valence-electron chi connectivity index (χ2n) is 3.82. The standard InChI is InChI=1S/C14H11NO4/c15-10-5-6-11(12(17)7-10)14(18)19-13-4-2-1-3-9(13)8-16/h1-8,17H,15H2. The van der Waals surface area contributed by atoms with Gasteiger partial charge in [-0.15, -0.1) is 0 Å². The molecule has 0 spiro atoms. The van der Waals surface area contributed by atoms with E-state index in [1.165, 1.54) is 30.3 Å². The lowest BCUT2D eigenvalue weighted by Gasteiger charge is -2.07. The van der Waals surface area contributed by atoms with Crippen LogP contribution in [0.5, 0.6) is 11.5 Å². The number of esters is 1. The molecule has 2 aromatic rings. The van der Waals surface area contributed by atoms with Crippen LogP contribution < -0.4 is 10.5 Å². The van der Waals surface area contributed by atoms with Gasteiger partial charge in [-0.1, -0.05) is 12.1 Å². The van der Waals surface area contributed by atoms with Gasteiger partial charge < -0.3 is 15.6 Å². The number of aromatic hydroxyl groups is 1. The van der Waals surface area contributed by atoms with Gasteiger partial charge in [-0.05, 0) is 24.3 Å². The number of hydrogen-bond donors (Lipinski definition) is 2. The molecule has 0 saturated carbocycles. The fourth-order valence-electron chi connectivity index (χ4n) is 1.55. The molecule has 19 heavy (non-hydrogen) atoms. The van der Waals surface area contributed by atoms with Crippen molar-refractivity contribution in [2.75, 3.05) is 5.73 Å². The average molecular weight is 257 g/mol. The molecule has 0 saturated heterocycles. The zero-order valence-corrected chi connectivity index (χ0v) is 9.87. The van der Waals surface area contributed by atoms with Gasteiger partial charge in [0.2, 0.25) is 0 Å². The highest BCUT2D eigenvalue weighted by Crippen LogP contribution is 2.23. The quantitative estimate of drug-likeness (QED) is 0.380. The largest absolute Gasteiger partial charge is 0.507 e. The number of carbonyl (C=O) groups is 2. The van der Waals surface area contributed by atoms with Gasteiger partial charge >= 0.3 is 5.97 Å². The summed E-state index contributed by atoms with van der Waals surface area (Å²) in [6.07, 6.45) is 0.589. The van der Waals surface area contributed by atoms with Crippen LogP contribution in [0, 0.1) is 0 Å². The molecule has 0 aromatic heterocycles. The van der Waals surface area contributed by atoms with Gasteiger partial charge in [0.05, 0.1) is 5.56 Å². The number of rotatable bonds is 3. The molecule has 2 aromatic carbocycles. The molecule has 0 bridgehead atoms. The van der Waals surface area contributed by atoms with Crippen molar-refractivity contribution in [1.82, 2.24) is 0 Å². The SMILES string of the molecule is Nc1ccc(C(=O)Oc2ccccc2C=O)c(O)c1. The van der Waals surface area contributed by atoms with Gasteiger partial charge in [0.15, 0.2) is 6.29 Å². The molecule has 0 aliphatic carbocycles. The molecule has 96 valence electrons. The van der Waals surface area contributed by atoms with Crippen molar-refractivity contribution in [3.8, 4) is 11.5 Å². The monoisotopic (exact) mass is 257 g/mol. The molecule has 0 atom stereocenters. The zero-order valence-electron chi connectivity index (χ0n) is 9.87. The summed E-state index contributed by atoms with van der Waals surface area (Å²) in [5, 5.41) is 9.62. The molecule has 5 heteroatoms. The lowest BCUT2D eigenvalue weighted by Crippen LogP contribution is -2.10. The third-order valence-electron chi connectivity index (χ3n) is 2.49. The van der Waals surface area contributed by atoms with Crippen molar-refractivity contribution in [2.24, 2.45) is 0 Å². The first kappa shape index (κ1) is 12.6. The highest BCUT2D eigenvalue weighted by Gasteiger charge is 2.15. The molecule has 0 aliphatic heterocycles. The van der Waals surface area contributed by atoms with E-state index in [0.717, 1.165) is 0 Å². The summed E-state index contributed by atoms with van der Waals surface area (Å²) in [6.45, 7) is 0. The van der Waals surface area contributed by atoms with Crippen LogP contribution in [0.3, 0.4) is 0 Å². The third kappa shape index (κ3) is 2.71. The minimum Gasteiger partial charge on any atom is -0.507 e. The van der Waals surface area contributed by atoms with Gasteiger partial charge in [0.1, 0.15) is 17.1 Å². The number of aldehydes is 1. The van der Waals surface area contributed by atoms with E-state index in [9.17, 15) is 14.7 Å². The number of nitrogen functional groups attached to an aromatic ring is 1. The summed E-state index contributed by atoms with van der Waals surface area (Å²) in [7, 11) is 0. The number of phenols is 1. The van der Waals surface area contributed by atoms with E-state index in [0.29, 0.717) is 12.0 Å². The number of phenolic OH excluding ortho intramolecular Hbond substituents is 1. The van der Waals surface area contributed by atoms with Crippen molar-refractivity contribution in [3.05, 3.63) is 53.6 Å². The summed E-state index contributed by atoms with van der Waals surface area (Å²) >= 11 is 0. The highest BCUT2D eigenvalue weighted by atomic mass is 16.5. The molecule has 0 heterocycles. The van der Waals surface area contributed by atoms with Gasteiger partial charge in [0.25, 0.3) is 0 Å². The molecular formula is C14H11NO4. The molecule has 2 rings (SSSR count). The number of hydrogen-bond acceptors (Lipinski definition) is 5. The summed E-state index contributed by atoms with van der Waals surface area (Å²) in [5.74, 6) is -0.890. The lowest BCUT2D eigenvalue weighted by atomic mass is 10.2. The fourth-order valence-corrected chi connectivity index (χ4v) is 1.55. The maximum atomic E-state index is 11.9. The topological polar surface area (TPSA) is 89.6 Å². The normalized spacial score (nSPS) is 9.89. The van der Waals surface area contributed by atoms with Crippen LogP contribution >= 0.6 is 0 Å². The second-order valence-corrected chi connectivity index (χ2v) is 3.82. The Bertz CT molecular complexity index is 637. The van der Waals surface area contributed by atoms with Crippen molar-refractivity contribution in [2.45, 2.75) is 0 Å². The Labute approximate surface area is 109 Å². The van der Waals surface area contributed by atoms with Crippen molar-refractivity contribution < 1.29 is 19.4 Å². The smallest absolute Gasteiger partial charge is 0.347 e.